The van der Waals surface area contributed by atoms with Crippen molar-refractivity contribution in [1.29, 1.82) is 0 Å². The van der Waals surface area contributed by atoms with Gasteiger partial charge in [0.2, 0.25) is 10.0 Å². The minimum Gasteiger partial charge on any atom is -0.357 e. The molecule has 0 radical (unpaired) electrons. The van der Waals surface area contributed by atoms with E-state index in [4.69, 9.17) is 0 Å². The van der Waals surface area contributed by atoms with Gasteiger partial charge in [-0.1, -0.05) is 0 Å². The maximum Gasteiger partial charge on any atom is 0.208 e. The predicted molar refractivity (Wildman–Crippen MR) is 87.1 cm³/mol. The van der Waals surface area contributed by atoms with E-state index < -0.39 is 10.0 Å². The van der Waals surface area contributed by atoms with Crippen molar-refractivity contribution in [1.82, 2.24) is 19.9 Å². The molecule has 1 aromatic heterocycles. The molecule has 0 saturated carbocycles. The summed E-state index contributed by atoms with van der Waals surface area (Å²) in [5.74, 6) is 0.735. The number of thiazole rings is 1. The van der Waals surface area contributed by atoms with Crippen molar-refractivity contribution < 1.29 is 8.42 Å². The van der Waals surface area contributed by atoms with E-state index in [1.807, 2.05) is 31.2 Å². The number of aromatic nitrogens is 1. The van der Waals surface area contributed by atoms with Crippen LogP contribution < -0.4 is 10.0 Å². The number of hydrogen-bond donors (Lipinski definition) is 2. The fourth-order valence-corrected chi connectivity index (χ4v) is 2.73. The Hall–Kier alpha value is -1.19. The van der Waals surface area contributed by atoms with Crippen molar-refractivity contribution in [3.63, 3.8) is 0 Å². The summed E-state index contributed by atoms with van der Waals surface area (Å²) in [4.78, 5) is 10.8. The lowest BCUT2D eigenvalue weighted by Crippen LogP contribution is -2.39. The van der Waals surface area contributed by atoms with E-state index in [-0.39, 0.29) is 6.54 Å². The Labute approximate surface area is 130 Å². The van der Waals surface area contributed by atoms with Crippen LogP contribution >= 0.6 is 11.3 Å². The predicted octanol–water partition coefficient (Wildman–Crippen LogP) is 0.398. The molecule has 0 unspecified atom stereocenters. The molecule has 7 nitrogen and oxygen atoms in total. The van der Waals surface area contributed by atoms with Crippen molar-refractivity contribution in [3.05, 3.63) is 16.1 Å². The lowest BCUT2D eigenvalue weighted by Gasteiger charge is -2.21. The number of sulfonamides is 1. The molecule has 0 amide bonds. The first-order chi connectivity index (χ1) is 9.81. The zero-order chi connectivity index (χ0) is 15.9. The third-order valence-corrected chi connectivity index (χ3v) is 4.05. The summed E-state index contributed by atoms with van der Waals surface area (Å²) in [6.45, 7) is 6.05. The van der Waals surface area contributed by atoms with E-state index in [9.17, 15) is 8.42 Å². The number of nitrogens with zero attached hydrogens (tertiary/aromatic N) is 3. The van der Waals surface area contributed by atoms with Gasteiger partial charge in [-0.25, -0.2) is 18.1 Å². The topological polar surface area (TPSA) is 86.7 Å². The number of hydrogen-bond acceptors (Lipinski definition) is 5. The molecule has 1 aromatic rings. The zero-order valence-electron chi connectivity index (χ0n) is 12.9. The first kappa shape index (κ1) is 17.9. The van der Waals surface area contributed by atoms with Gasteiger partial charge in [0.15, 0.2) is 5.96 Å². The van der Waals surface area contributed by atoms with Crippen LogP contribution in [-0.4, -0.2) is 57.2 Å². The molecule has 0 aliphatic rings. The van der Waals surface area contributed by atoms with E-state index in [1.54, 1.807) is 11.3 Å². The van der Waals surface area contributed by atoms with Crippen molar-refractivity contribution in [2.45, 2.75) is 20.4 Å². The summed E-state index contributed by atoms with van der Waals surface area (Å²) in [5, 5.41) is 6.25. The molecule has 0 fully saturated rings. The van der Waals surface area contributed by atoms with E-state index in [1.165, 1.54) is 0 Å². The number of aliphatic imine (C=N–C) groups is 1. The molecule has 1 rings (SSSR count). The highest BCUT2D eigenvalue weighted by Crippen LogP contribution is 2.09. The van der Waals surface area contributed by atoms with Crippen LogP contribution in [0.4, 0.5) is 0 Å². The minimum absolute atomic E-state index is 0.289. The molecule has 0 saturated heterocycles. The summed E-state index contributed by atoms with van der Waals surface area (Å²) in [5.41, 5.74) is 1.000. The monoisotopic (exact) mass is 333 g/mol. The minimum atomic E-state index is -3.16. The van der Waals surface area contributed by atoms with Crippen LogP contribution in [0, 0.1) is 6.92 Å². The Morgan fingerprint density at radius 3 is 2.76 bits per heavy atom. The Morgan fingerprint density at radius 2 is 2.24 bits per heavy atom. The smallest absolute Gasteiger partial charge is 0.208 e. The molecule has 21 heavy (non-hydrogen) atoms. The SMILES string of the molecule is CCNC(=NCCNS(C)(=O)=O)N(C)Cc1csc(C)n1. The number of aryl methyl sites for hydroxylation is 1. The van der Waals surface area contributed by atoms with Crippen LogP contribution in [-0.2, 0) is 16.6 Å². The van der Waals surface area contributed by atoms with Gasteiger partial charge in [-0.2, -0.15) is 0 Å². The maximum absolute atomic E-state index is 11.0. The molecule has 0 bridgehead atoms. The molecule has 0 atom stereocenters. The van der Waals surface area contributed by atoms with Crippen LogP contribution in [0.3, 0.4) is 0 Å². The average molecular weight is 333 g/mol. The fraction of sp³-hybridized carbons (Fsp3) is 0.667. The van der Waals surface area contributed by atoms with Gasteiger partial charge in [-0.05, 0) is 13.8 Å². The standard InChI is InChI=1S/C12H23N5O2S2/c1-5-13-12(14-6-7-15-21(4,18)19)17(3)8-11-9-20-10(2)16-11/h9,15H,5-8H2,1-4H3,(H,13,14). The van der Waals surface area contributed by atoms with Crippen LogP contribution in [0.15, 0.2) is 10.4 Å². The molecule has 120 valence electrons. The number of nitrogens with one attached hydrogen (secondary N) is 2. The van der Waals surface area contributed by atoms with Crippen LogP contribution in [0.25, 0.3) is 0 Å². The maximum atomic E-state index is 11.0. The second-order valence-corrected chi connectivity index (χ2v) is 7.51. The third-order valence-electron chi connectivity index (χ3n) is 2.50. The summed E-state index contributed by atoms with van der Waals surface area (Å²) < 4.78 is 24.4. The Kier molecular flexibility index (Phi) is 7.06. The fourth-order valence-electron chi connectivity index (χ4n) is 1.66. The molecule has 0 spiro atoms. The van der Waals surface area contributed by atoms with Gasteiger partial charge >= 0.3 is 0 Å². The van der Waals surface area contributed by atoms with Gasteiger partial charge in [-0.3, -0.25) is 4.99 Å². The van der Waals surface area contributed by atoms with Crippen LogP contribution in [0.1, 0.15) is 17.6 Å². The normalized spacial score (nSPS) is 12.5. The van der Waals surface area contributed by atoms with Crippen molar-refractivity contribution >= 4 is 27.3 Å². The molecule has 0 aromatic carbocycles. The van der Waals surface area contributed by atoms with Gasteiger partial charge in [0.25, 0.3) is 0 Å². The van der Waals surface area contributed by atoms with E-state index in [2.05, 4.69) is 20.0 Å². The van der Waals surface area contributed by atoms with Crippen LogP contribution in [0.5, 0.6) is 0 Å². The van der Waals surface area contributed by atoms with Crippen molar-refractivity contribution in [3.8, 4) is 0 Å². The Balaban J connectivity index is 2.57. The zero-order valence-corrected chi connectivity index (χ0v) is 14.5. The summed E-state index contributed by atoms with van der Waals surface area (Å²) in [7, 11) is -1.23. The van der Waals surface area contributed by atoms with Crippen molar-refractivity contribution in [2.24, 2.45) is 4.99 Å². The number of guanidine groups is 1. The summed E-state index contributed by atoms with van der Waals surface area (Å²) >= 11 is 1.62. The van der Waals surface area contributed by atoms with E-state index in [0.717, 1.165) is 29.5 Å². The van der Waals surface area contributed by atoms with Gasteiger partial charge in [-0.15, -0.1) is 11.3 Å². The molecule has 1 heterocycles. The summed E-state index contributed by atoms with van der Waals surface area (Å²) in [6, 6.07) is 0. The summed E-state index contributed by atoms with van der Waals surface area (Å²) in [6.07, 6.45) is 1.14. The number of rotatable bonds is 7. The van der Waals surface area contributed by atoms with Gasteiger partial charge in [0.1, 0.15) is 0 Å². The van der Waals surface area contributed by atoms with Crippen molar-refractivity contribution in [2.75, 3.05) is 32.9 Å². The largest absolute Gasteiger partial charge is 0.357 e. The lowest BCUT2D eigenvalue weighted by molar-refractivity contribution is 0.471. The van der Waals surface area contributed by atoms with Gasteiger partial charge < -0.3 is 10.2 Å². The molecule has 9 heteroatoms. The Morgan fingerprint density at radius 1 is 1.52 bits per heavy atom. The van der Waals surface area contributed by atoms with E-state index in [0.29, 0.717) is 13.1 Å². The second-order valence-electron chi connectivity index (χ2n) is 4.62. The molecule has 0 aliphatic heterocycles. The van der Waals surface area contributed by atoms with Gasteiger partial charge in [0.05, 0.1) is 30.0 Å². The van der Waals surface area contributed by atoms with E-state index >= 15 is 0 Å². The molecule has 2 N–H and O–H groups in total. The first-order valence-electron chi connectivity index (χ1n) is 6.67. The van der Waals surface area contributed by atoms with Gasteiger partial charge in [0, 0.05) is 25.5 Å². The highest BCUT2D eigenvalue weighted by atomic mass is 32.2. The highest BCUT2D eigenvalue weighted by Gasteiger charge is 2.08. The van der Waals surface area contributed by atoms with Crippen LogP contribution in [0.2, 0.25) is 0 Å². The third kappa shape index (κ3) is 7.39. The first-order valence-corrected chi connectivity index (χ1v) is 9.44. The Bertz CT molecular complexity index is 568. The molecular formula is C12H23N5O2S2. The average Bonchev–Trinajstić information content (AvgIpc) is 2.77. The lowest BCUT2D eigenvalue weighted by atomic mass is 10.4. The molecule has 0 aliphatic carbocycles. The molecular weight excluding hydrogens is 310 g/mol. The second kappa shape index (κ2) is 8.30. The highest BCUT2D eigenvalue weighted by molar-refractivity contribution is 7.88. The quantitative estimate of drug-likeness (QED) is 0.428.